The molecule has 1 fully saturated rings. The maximum atomic E-state index is 12.1. The van der Waals surface area contributed by atoms with Crippen LogP contribution in [0.1, 0.15) is 12.5 Å². The van der Waals surface area contributed by atoms with Crippen molar-refractivity contribution in [3.63, 3.8) is 0 Å². The second kappa shape index (κ2) is 5.59. The van der Waals surface area contributed by atoms with Crippen LogP contribution in [0.25, 0.3) is 0 Å². The van der Waals surface area contributed by atoms with Gasteiger partial charge in [-0.2, -0.15) is 0 Å². The van der Waals surface area contributed by atoms with Gasteiger partial charge in [0.15, 0.2) is 0 Å². The first kappa shape index (κ1) is 13.2. The summed E-state index contributed by atoms with van der Waals surface area (Å²) in [5.74, 6) is 0. The molecule has 0 radical (unpaired) electrons. The lowest BCUT2D eigenvalue weighted by Gasteiger charge is -2.31. The third-order valence-electron chi connectivity index (χ3n) is 3.08. The van der Waals surface area contributed by atoms with Gasteiger partial charge in [0.25, 0.3) is 0 Å². The van der Waals surface area contributed by atoms with Crippen LogP contribution in [0.2, 0.25) is 5.02 Å². The van der Waals surface area contributed by atoms with E-state index in [-0.39, 0.29) is 6.03 Å². The van der Waals surface area contributed by atoms with Crippen molar-refractivity contribution in [2.75, 3.05) is 25.0 Å². The van der Waals surface area contributed by atoms with Crippen molar-refractivity contribution in [2.45, 2.75) is 19.9 Å². The molecule has 2 N–H and O–H groups in total. The van der Waals surface area contributed by atoms with Crippen LogP contribution in [0, 0.1) is 6.92 Å². The van der Waals surface area contributed by atoms with E-state index in [0.29, 0.717) is 11.1 Å². The number of aryl methyl sites for hydroxylation is 1. The van der Waals surface area contributed by atoms with Gasteiger partial charge in [-0.05, 0) is 31.5 Å². The molecule has 2 rings (SSSR count). The fraction of sp³-hybridized carbons (Fsp3) is 0.462. The third kappa shape index (κ3) is 3.15. The predicted octanol–water partition coefficient (Wildman–Crippen LogP) is 2.47. The van der Waals surface area contributed by atoms with Gasteiger partial charge in [0.1, 0.15) is 0 Å². The van der Waals surface area contributed by atoms with Crippen LogP contribution < -0.4 is 10.6 Å². The SMILES string of the molecule is Cc1ccc(NC(=O)N2CCN[C@H](C)C2)cc1Cl. The lowest BCUT2D eigenvalue weighted by Crippen LogP contribution is -2.52. The number of halogens is 1. The Hall–Kier alpha value is -1.26. The first-order valence-electron chi connectivity index (χ1n) is 6.12. The van der Waals surface area contributed by atoms with Gasteiger partial charge in [-0.15, -0.1) is 0 Å². The standard InChI is InChI=1S/C13H18ClN3O/c1-9-3-4-11(7-12(9)14)16-13(18)17-6-5-15-10(2)8-17/h3-4,7,10,15H,5-6,8H2,1-2H3,(H,16,18)/t10-/m1/s1. The molecule has 0 unspecified atom stereocenters. The molecular formula is C13H18ClN3O. The summed E-state index contributed by atoms with van der Waals surface area (Å²) < 4.78 is 0. The molecule has 0 saturated carbocycles. The van der Waals surface area contributed by atoms with Crippen LogP contribution in [0.3, 0.4) is 0 Å². The van der Waals surface area contributed by atoms with Crippen molar-refractivity contribution in [3.05, 3.63) is 28.8 Å². The van der Waals surface area contributed by atoms with E-state index in [1.54, 1.807) is 6.07 Å². The van der Waals surface area contributed by atoms with Crippen LogP contribution in [-0.2, 0) is 0 Å². The minimum atomic E-state index is -0.0664. The van der Waals surface area contributed by atoms with Crippen LogP contribution in [0.4, 0.5) is 10.5 Å². The molecule has 4 nitrogen and oxygen atoms in total. The molecule has 1 aliphatic rings. The van der Waals surface area contributed by atoms with E-state index in [1.165, 1.54) is 0 Å². The molecule has 2 amide bonds. The molecule has 1 saturated heterocycles. The van der Waals surface area contributed by atoms with Gasteiger partial charge in [0.05, 0.1) is 0 Å². The number of piperazine rings is 1. The number of amides is 2. The largest absolute Gasteiger partial charge is 0.322 e. The minimum Gasteiger partial charge on any atom is -0.322 e. The Labute approximate surface area is 112 Å². The number of hydrogen-bond acceptors (Lipinski definition) is 2. The van der Waals surface area contributed by atoms with Gasteiger partial charge >= 0.3 is 6.03 Å². The number of hydrogen-bond donors (Lipinski definition) is 2. The van der Waals surface area contributed by atoms with E-state index in [4.69, 9.17) is 11.6 Å². The molecule has 98 valence electrons. The second-order valence-corrected chi connectivity index (χ2v) is 5.10. The first-order valence-corrected chi connectivity index (χ1v) is 6.49. The minimum absolute atomic E-state index is 0.0664. The number of anilines is 1. The van der Waals surface area contributed by atoms with Crippen molar-refractivity contribution in [3.8, 4) is 0 Å². The molecule has 1 aliphatic heterocycles. The average Bonchev–Trinajstić information content (AvgIpc) is 2.34. The molecule has 0 aliphatic carbocycles. The number of rotatable bonds is 1. The van der Waals surface area contributed by atoms with E-state index in [1.807, 2.05) is 24.0 Å². The molecule has 1 aromatic carbocycles. The van der Waals surface area contributed by atoms with E-state index in [2.05, 4.69) is 17.6 Å². The Balaban J connectivity index is 2.00. The van der Waals surface area contributed by atoms with Crippen molar-refractivity contribution in [2.24, 2.45) is 0 Å². The summed E-state index contributed by atoms with van der Waals surface area (Å²) in [5, 5.41) is 6.85. The molecule has 1 heterocycles. The lowest BCUT2D eigenvalue weighted by molar-refractivity contribution is 0.192. The predicted molar refractivity (Wildman–Crippen MR) is 74.2 cm³/mol. The molecule has 5 heteroatoms. The third-order valence-corrected chi connectivity index (χ3v) is 3.49. The van der Waals surface area contributed by atoms with E-state index in [9.17, 15) is 4.79 Å². The molecule has 18 heavy (non-hydrogen) atoms. The summed E-state index contributed by atoms with van der Waals surface area (Å²) in [6.07, 6.45) is 0. The number of carbonyl (C=O) groups excluding carboxylic acids is 1. The number of nitrogens with one attached hydrogen (secondary N) is 2. The Kier molecular flexibility index (Phi) is 4.09. The summed E-state index contributed by atoms with van der Waals surface area (Å²) in [6, 6.07) is 5.82. The summed E-state index contributed by atoms with van der Waals surface area (Å²) in [7, 11) is 0. The van der Waals surface area contributed by atoms with Gasteiger partial charge in [-0.25, -0.2) is 4.79 Å². The quantitative estimate of drug-likeness (QED) is 0.821. The lowest BCUT2D eigenvalue weighted by atomic mass is 10.2. The van der Waals surface area contributed by atoms with Gasteiger partial charge in [0, 0.05) is 36.4 Å². The van der Waals surface area contributed by atoms with E-state index in [0.717, 1.165) is 30.9 Å². The van der Waals surface area contributed by atoms with E-state index >= 15 is 0 Å². The van der Waals surface area contributed by atoms with Crippen LogP contribution in [0.15, 0.2) is 18.2 Å². The Morgan fingerprint density at radius 1 is 1.56 bits per heavy atom. The fourth-order valence-electron chi connectivity index (χ4n) is 1.99. The summed E-state index contributed by atoms with van der Waals surface area (Å²) in [4.78, 5) is 13.9. The Bertz CT molecular complexity index is 450. The Morgan fingerprint density at radius 2 is 2.33 bits per heavy atom. The number of urea groups is 1. The molecule has 1 atom stereocenters. The first-order chi connectivity index (χ1) is 8.56. The summed E-state index contributed by atoms with van der Waals surface area (Å²) in [6.45, 7) is 6.30. The van der Waals surface area contributed by atoms with E-state index < -0.39 is 0 Å². The van der Waals surface area contributed by atoms with Gasteiger partial charge in [-0.3, -0.25) is 0 Å². The monoisotopic (exact) mass is 267 g/mol. The van der Waals surface area contributed by atoms with Crippen molar-refractivity contribution in [1.29, 1.82) is 0 Å². The number of carbonyl (C=O) groups is 1. The average molecular weight is 268 g/mol. The van der Waals surface area contributed by atoms with Crippen LogP contribution in [0.5, 0.6) is 0 Å². The van der Waals surface area contributed by atoms with Gasteiger partial charge < -0.3 is 15.5 Å². The zero-order chi connectivity index (χ0) is 13.1. The van der Waals surface area contributed by atoms with Crippen molar-refractivity contribution in [1.82, 2.24) is 10.2 Å². The summed E-state index contributed by atoms with van der Waals surface area (Å²) in [5.41, 5.74) is 1.74. The molecular weight excluding hydrogens is 250 g/mol. The molecule has 0 spiro atoms. The maximum absolute atomic E-state index is 12.1. The highest BCUT2D eigenvalue weighted by Gasteiger charge is 2.20. The zero-order valence-electron chi connectivity index (χ0n) is 10.7. The highest BCUT2D eigenvalue weighted by atomic mass is 35.5. The highest BCUT2D eigenvalue weighted by molar-refractivity contribution is 6.31. The highest BCUT2D eigenvalue weighted by Crippen LogP contribution is 2.20. The molecule has 0 bridgehead atoms. The number of benzene rings is 1. The smallest absolute Gasteiger partial charge is 0.321 e. The van der Waals surface area contributed by atoms with Crippen LogP contribution >= 0.6 is 11.6 Å². The molecule has 1 aromatic rings. The maximum Gasteiger partial charge on any atom is 0.321 e. The molecule has 0 aromatic heterocycles. The van der Waals surface area contributed by atoms with Crippen molar-refractivity contribution < 1.29 is 4.79 Å². The zero-order valence-corrected chi connectivity index (χ0v) is 11.4. The summed E-state index contributed by atoms with van der Waals surface area (Å²) >= 11 is 6.03. The topological polar surface area (TPSA) is 44.4 Å². The van der Waals surface area contributed by atoms with Gasteiger partial charge in [-0.1, -0.05) is 17.7 Å². The van der Waals surface area contributed by atoms with Gasteiger partial charge in [0.2, 0.25) is 0 Å². The normalized spacial score (nSPS) is 19.7. The second-order valence-electron chi connectivity index (χ2n) is 4.70. The Morgan fingerprint density at radius 3 is 3.00 bits per heavy atom. The fourth-order valence-corrected chi connectivity index (χ4v) is 2.17. The van der Waals surface area contributed by atoms with Crippen LogP contribution in [-0.4, -0.2) is 36.6 Å². The van der Waals surface area contributed by atoms with Crippen molar-refractivity contribution >= 4 is 23.3 Å². The number of nitrogens with zero attached hydrogens (tertiary/aromatic N) is 1.